The van der Waals surface area contributed by atoms with Crippen molar-refractivity contribution in [3.63, 3.8) is 0 Å². The van der Waals surface area contributed by atoms with Crippen LogP contribution >= 0.6 is 0 Å². The van der Waals surface area contributed by atoms with Crippen molar-refractivity contribution < 1.29 is 15.0 Å². The maximum absolute atomic E-state index is 11.0. The van der Waals surface area contributed by atoms with Crippen LogP contribution in [0, 0.1) is 5.92 Å². The minimum atomic E-state index is -1.21. The van der Waals surface area contributed by atoms with Gasteiger partial charge in [-0.25, -0.2) is 0 Å². The van der Waals surface area contributed by atoms with Crippen molar-refractivity contribution in [1.29, 1.82) is 0 Å². The fourth-order valence-corrected chi connectivity index (χ4v) is 1.49. The summed E-state index contributed by atoms with van der Waals surface area (Å²) in [6.07, 6.45) is 0.347. The van der Waals surface area contributed by atoms with Crippen LogP contribution in [0.3, 0.4) is 0 Å². The zero-order valence-corrected chi connectivity index (χ0v) is 8.97. The van der Waals surface area contributed by atoms with Gasteiger partial charge >= 0.3 is 5.97 Å². The summed E-state index contributed by atoms with van der Waals surface area (Å²) in [4.78, 5) is 11.0. The standard InChI is InChI=1S/C12H16O3/c1-12(2,15)10(11(13)14)8-9-6-4-3-5-7-9/h3-7,10,15H,8H2,1-2H3,(H,13,14)/t10-/m0/s1. The van der Waals surface area contributed by atoms with E-state index in [2.05, 4.69) is 0 Å². The summed E-state index contributed by atoms with van der Waals surface area (Å²) < 4.78 is 0. The van der Waals surface area contributed by atoms with E-state index in [0.717, 1.165) is 5.56 Å². The lowest BCUT2D eigenvalue weighted by molar-refractivity contribution is -0.149. The fraction of sp³-hybridized carbons (Fsp3) is 0.417. The van der Waals surface area contributed by atoms with Crippen molar-refractivity contribution in [3.8, 4) is 0 Å². The first-order chi connectivity index (χ1) is 6.91. The molecule has 0 spiro atoms. The number of hydrogen-bond donors (Lipinski definition) is 2. The van der Waals surface area contributed by atoms with Crippen LogP contribution in [0.5, 0.6) is 0 Å². The Kier molecular flexibility index (Phi) is 3.48. The number of carboxylic acid groups (broad SMARTS) is 1. The average molecular weight is 208 g/mol. The molecule has 1 aromatic rings. The highest BCUT2D eigenvalue weighted by Gasteiger charge is 2.33. The number of carboxylic acids is 1. The SMILES string of the molecule is CC(C)(O)[C@@H](Cc1ccccc1)C(=O)O. The van der Waals surface area contributed by atoms with Gasteiger partial charge < -0.3 is 10.2 Å². The van der Waals surface area contributed by atoms with Gasteiger partial charge in [-0.05, 0) is 25.8 Å². The van der Waals surface area contributed by atoms with Gasteiger partial charge in [-0.2, -0.15) is 0 Å². The van der Waals surface area contributed by atoms with Crippen LogP contribution in [0.2, 0.25) is 0 Å². The Morgan fingerprint density at radius 3 is 2.27 bits per heavy atom. The van der Waals surface area contributed by atoms with E-state index >= 15 is 0 Å². The number of carbonyl (C=O) groups is 1. The molecule has 2 N–H and O–H groups in total. The van der Waals surface area contributed by atoms with E-state index < -0.39 is 17.5 Å². The summed E-state index contributed by atoms with van der Waals surface area (Å²) in [5, 5.41) is 18.7. The van der Waals surface area contributed by atoms with E-state index in [-0.39, 0.29) is 0 Å². The number of rotatable bonds is 4. The van der Waals surface area contributed by atoms with Gasteiger partial charge in [0.25, 0.3) is 0 Å². The molecule has 0 aliphatic carbocycles. The highest BCUT2D eigenvalue weighted by Crippen LogP contribution is 2.21. The van der Waals surface area contributed by atoms with Gasteiger partial charge in [0.15, 0.2) is 0 Å². The summed E-state index contributed by atoms with van der Waals surface area (Å²) in [6.45, 7) is 3.05. The average Bonchev–Trinajstić information content (AvgIpc) is 2.13. The molecule has 0 fully saturated rings. The van der Waals surface area contributed by atoms with Gasteiger partial charge in [0.1, 0.15) is 0 Å². The van der Waals surface area contributed by atoms with Crippen molar-refractivity contribution in [3.05, 3.63) is 35.9 Å². The van der Waals surface area contributed by atoms with E-state index in [1.165, 1.54) is 13.8 Å². The molecule has 15 heavy (non-hydrogen) atoms. The predicted octanol–water partition coefficient (Wildman–Crippen LogP) is 1.70. The predicted molar refractivity (Wildman–Crippen MR) is 57.6 cm³/mol. The normalized spacial score (nSPS) is 13.5. The quantitative estimate of drug-likeness (QED) is 0.791. The molecule has 0 radical (unpaired) electrons. The molecule has 0 heterocycles. The van der Waals surface area contributed by atoms with E-state index in [1.54, 1.807) is 0 Å². The fourth-order valence-electron chi connectivity index (χ4n) is 1.49. The molecule has 0 aliphatic heterocycles. The smallest absolute Gasteiger partial charge is 0.309 e. The highest BCUT2D eigenvalue weighted by atomic mass is 16.4. The van der Waals surface area contributed by atoms with Crippen LogP contribution in [0.1, 0.15) is 19.4 Å². The molecule has 1 atom stereocenters. The third kappa shape index (κ3) is 3.36. The Morgan fingerprint density at radius 2 is 1.87 bits per heavy atom. The summed E-state index contributed by atoms with van der Waals surface area (Å²) in [5.74, 6) is -1.74. The Labute approximate surface area is 89.4 Å². The lowest BCUT2D eigenvalue weighted by atomic mass is 9.86. The molecule has 0 saturated carbocycles. The van der Waals surface area contributed by atoms with Crippen molar-refractivity contribution in [2.75, 3.05) is 0 Å². The zero-order chi connectivity index (χ0) is 11.5. The molecule has 1 rings (SSSR count). The molecule has 0 amide bonds. The van der Waals surface area contributed by atoms with Crippen molar-refractivity contribution in [2.24, 2.45) is 5.92 Å². The third-order valence-corrected chi connectivity index (χ3v) is 2.43. The van der Waals surface area contributed by atoms with Crippen molar-refractivity contribution >= 4 is 5.97 Å². The van der Waals surface area contributed by atoms with Gasteiger partial charge in [0, 0.05) is 0 Å². The summed E-state index contributed by atoms with van der Waals surface area (Å²) in [5.41, 5.74) is -0.284. The first-order valence-corrected chi connectivity index (χ1v) is 4.90. The minimum absolute atomic E-state index is 0.347. The molecule has 0 saturated heterocycles. The molecule has 1 aromatic carbocycles. The second-order valence-corrected chi connectivity index (χ2v) is 4.23. The van der Waals surface area contributed by atoms with Crippen LogP contribution in [0.25, 0.3) is 0 Å². The van der Waals surface area contributed by atoms with Crippen molar-refractivity contribution in [1.82, 2.24) is 0 Å². The number of aliphatic hydroxyl groups is 1. The molecule has 0 aromatic heterocycles. The highest BCUT2D eigenvalue weighted by molar-refractivity contribution is 5.71. The molecule has 3 heteroatoms. The Bertz CT molecular complexity index is 324. The maximum Gasteiger partial charge on any atom is 0.309 e. The second kappa shape index (κ2) is 4.45. The lowest BCUT2D eigenvalue weighted by Crippen LogP contribution is -2.38. The van der Waals surface area contributed by atoms with Gasteiger partial charge in [0.2, 0.25) is 0 Å². The van der Waals surface area contributed by atoms with Gasteiger partial charge in [-0.15, -0.1) is 0 Å². The summed E-state index contributed by atoms with van der Waals surface area (Å²) in [6, 6.07) is 9.32. The van der Waals surface area contributed by atoms with Crippen LogP contribution in [-0.2, 0) is 11.2 Å². The second-order valence-electron chi connectivity index (χ2n) is 4.23. The third-order valence-electron chi connectivity index (χ3n) is 2.43. The minimum Gasteiger partial charge on any atom is -0.481 e. The van der Waals surface area contributed by atoms with Crippen LogP contribution in [0.15, 0.2) is 30.3 Å². The Balaban J connectivity index is 2.82. The first-order valence-electron chi connectivity index (χ1n) is 4.90. The number of benzene rings is 1. The molecule has 0 unspecified atom stereocenters. The van der Waals surface area contributed by atoms with Crippen LogP contribution in [0.4, 0.5) is 0 Å². The van der Waals surface area contributed by atoms with Crippen LogP contribution in [-0.4, -0.2) is 21.8 Å². The monoisotopic (exact) mass is 208 g/mol. The first kappa shape index (κ1) is 11.7. The van der Waals surface area contributed by atoms with Gasteiger partial charge in [0.05, 0.1) is 11.5 Å². The summed E-state index contributed by atoms with van der Waals surface area (Å²) in [7, 11) is 0. The topological polar surface area (TPSA) is 57.5 Å². The zero-order valence-electron chi connectivity index (χ0n) is 8.97. The summed E-state index contributed by atoms with van der Waals surface area (Å²) >= 11 is 0. The van der Waals surface area contributed by atoms with Gasteiger partial charge in [-0.3, -0.25) is 4.79 Å². The molecule has 82 valence electrons. The van der Waals surface area contributed by atoms with Gasteiger partial charge in [-0.1, -0.05) is 30.3 Å². The molecular weight excluding hydrogens is 192 g/mol. The van der Waals surface area contributed by atoms with Crippen molar-refractivity contribution in [2.45, 2.75) is 25.9 Å². The molecule has 0 bridgehead atoms. The lowest BCUT2D eigenvalue weighted by Gasteiger charge is -2.25. The largest absolute Gasteiger partial charge is 0.481 e. The Hall–Kier alpha value is -1.35. The number of aliphatic carboxylic acids is 1. The number of hydrogen-bond acceptors (Lipinski definition) is 2. The van der Waals surface area contributed by atoms with E-state index in [0.29, 0.717) is 6.42 Å². The van der Waals surface area contributed by atoms with E-state index in [4.69, 9.17) is 5.11 Å². The van der Waals surface area contributed by atoms with E-state index in [1.807, 2.05) is 30.3 Å². The van der Waals surface area contributed by atoms with E-state index in [9.17, 15) is 9.90 Å². The Morgan fingerprint density at radius 1 is 1.33 bits per heavy atom. The van der Waals surface area contributed by atoms with Crippen LogP contribution < -0.4 is 0 Å². The molecular formula is C12H16O3. The maximum atomic E-state index is 11.0. The molecule has 0 aliphatic rings. The molecule has 3 nitrogen and oxygen atoms in total.